The fourth-order valence-corrected chi connectivity index (χ4v) is 2.99. The van der Waals surface area contributed by atoms with Gasteiger partial charge in [0, 0.05) is 11.3 Å². The Morgan fingerprint density at radius 2 is 1.67 bits per heavy atom. The highest BCUT2D eigenvalue weighted by Crippen LogP contribution is 2.39. The molecule has 2 heterocycles. The Morgan fingerprint density at radius 1 is 1.07 bits per heavy atom. The van der Waals surface area contributed by atoms with Gasteiger partial charge in [-0.05, 0) is 50.9 Å². The summed E-state index contributed by atoms with van der Waals surface area (Å²) in [6.07, 6.45) is 2.00. The Morgan fingerprint density at radius 3 is 2.15 bits per heavy atom. The number of carbonyl (C=O) groups is 1. The minimum absolute atomic E-state index is 0.0768. The van der Waals surface area contributed by atoms with Gasteiger partial charge in [-0.2, -0.15) is 12.6 Å². The number of aromatic carboxylic acids is 1. The van der Waals surface area contributed by atoms with Crippen LogP contribution in [0.3, 0.4) is 0 Å². The van der Waals surface area contributed by atoms with Crippen LogP contribution in [0.1, 0.15) is 43.8 Å². The maximum Gasteiger partial charge on any atom is 0.491 e. The van der Waals surface area contributed by atoms with Crippen LogP contribution >= 0.6 is 12.6 Å². The van der Waals surface area contributed by atoms with Crippen LogP contribution in [0.25, 0.3) is 17.4 Å². The predicted molar refractivity (Wildman–Crippen MR) is 109 cm³/mol. The summed E-state index contributed by atoms with van der Waals surface area (Å²) in [6, 6.07) is 10.7. The Labute approximate surface area is 164 Å². The van der Waals surface area contributed by atoms with E-state index in [9.17, 15) is 4.79 Å². The molecule has 0 atom stereocenters. The first-order chi connectivity index (χ1) is 12.6. The monoisotopic (exact) mass is 386 g/mol. The number of hydrogen-bond acceptors (Lipinski definition) is 5. The summed E-state index contributed by atoms with van der Waals surface area (Å²) < 4.78 is 17.5. The van der Waals surface area contributed by atoms with E-state index in [0.717, 1.165) is 16.6 Å². The lowest BCUT2D eigenvalue weighted by Crippen LogP contribution is -2.41. The zero-order valence-electron chi connectivity index (χ0n) is 15.9. The Kier molecular flexibility index (Phi) is 5.30. The molecule has 1 aromatic carbocycles. The van der Waals surface area contributed by atoms with Gasteiger partial charge < -0.3 is 18.8 Å². The van der Waals surface area contributed by atoms with Crippen LogP contribution in [-0.4, -0.2) is 35.1 Å². The largest absolute Gasteiger partial charge is 0.491 e. The third-order valence-corrected chi connectivity index (χ3v) is 5.47. The number of carboxylic acids is 1. The van der Waals surface area contributed by atoms with Crippen LogP contribution in [0.5, 0.6) is 0 Å². The van der Waals surface area contributed by atoms with Gasteiger partial charge in [-0.25, -0.2) is 4.79 Å². The lowest BCUT2D eigenvalue weighted by molar-refractivity contribution is 0.00578. The van der Waals surface area contributed by atoms with Gasteiger partial charge in [0.25, 0.3) is 0 Å². The highest BCUT2D eigenvalue weighted by molar-refractivity contribution is 7.80. The summed E-state index contributed by atoms with van der Waals surface area (Å²) in [6.45, 7) is 8.08. The van der Waals surface area contributed by atoms with Crippen molar-refractivity contribution >= 4 is 31.8 Å². The molecule has 0 unspecified atom stereocenters. The van der Waals surface area contributed by atoms with Crippen LogP contribution in [0, 0.1) is 0 Å². The van der Waals surface area contributed by atoms with Gasteiger partial charge in [0.2, 0.25) is 5.76 Å². The van der Waals surface area contributed by atoms with Crippen LogP contribution < -0.4 is 0 Å². The first kappa shape index (κ1) is 19.8. The first-order valence-corrected chi connectivity index (χ1v) is 9.37. The second-order valence-corrected chi connectivity index (χ2v) is 7.87. The summed E-state index contributed by atoms with van der Waals surface area (Å²) >= 11 is 4.44. The molecule has 1 aliphatic rings. The molecule has 0 amide bonds. The summed E-state index contributed by atoms with van der Waals surface area (Å²) in [4.78, 5) is 10.9. The predicted octanol–water partition coefficient (Wildman–Crippen LogP) is 4.59. The maximum atomic E-state index is 10.9. The summed E-state index contributed by atoms with van der Waals surface area (Å²) in [5.74, 6) is -0.129. The molecule has 2 aromatic rings. The molecule has 0 saturated carbocycles. The normalized spacial score (nSPS) is 18.7. The number of furan rings is 1. The van der Waals surface area contributed by atoms with Crippen LogP contribution in [0.2, 0.25) is 0 Å². The van der Waals surface area contributed by atoms with Gasteiger partial charge in [0.1, 0.15) is 5.76 Å². The molecule has 0 aliphatic carbocycles. The Hall–Kier alpha value is -1.96. The summed E-state index contributed by atoms with van der Waals surface area (Å²) in [7, 11) is -0.435. The fourth-order valence-electron chi connectivity index (χ4n) is 2.75. The molecule has 0 spiro atoms. The van der Waals surface area contributed by atoms with E-state index in [1.165, 1.54) is 6.07 Å². The van der Waals surface area contributed by atoms with Crippen molar-refractivity contribution in [2.75, 3.05) is 5.75 Å². The van der Waals surface area contributed by atoms with E-state index in [0.29, 0.717) is 11.5 Å². The van der Waals surface area contributed by atoms with Crippen molar-refractivity contribution in [1.82, 2.24) is 0 Å². The van der Waals surface area contributed by atoms with E-state index >= 15 is 0 Å². The maximum absolute atomic E-state index is 10.9. The quantitative estimate of drug-likeness (QED) is 0.581. The minimum Gasteiger partial charge on any atom is -0.475 e. The third kappa shape index (κ3) is 4.00. The van der Waals surface area contributed by atoms with Gasteiger partial charge in [0.05, 0.1) is 11.2 Å². The second kappa shape index (κ2) is 7.22. The van der Waals surface area contributed by atoms with E-state index < -0.39 is 24.3 Å². The van der Waals surface area contributed by atoms with Crippen molar-refractivity contribution in [3.05, 3.63) is 53.2 Å². The van der Waals surface area contributed by atoms with Crippen LogP contribution in [0.15, 0.2) is 46.3 Å². The van der Waals surface area contributed by atoms with E-state index in [2.05, 4.69) is 12.6 Å². The molecule has 1 aromatic heterocycles. The van der Waals surface area contributed by atoms with E-state index in [4.69, 9.17) is 18.8 Å². The molecular weight excluding hydrogens is 363 g/mol. The topological polar surface area (TPSA) is 68.9 Å². The Balaban J connectivity index is 1.80. The number of hydrogen-bond donors (Lipinski definition) is 2. The smallest absolute Gasteiger partial charge is 0.475 e. The molecule has 0 radical (unpaired) electrons. The molecule has 7 heteroatoms. The lowest BCUT2D eigenvalue weighted by atomic mass is 9.78. The highest BCUT2D eigenvalue weighted by Gasteiger charge is 2.52. The molecule has 1 fully saturated rings. The molecule has 5 nitrogen and oxygen atoms in total. The van der Waals surface area contributed by atoms with Crippen molar-refractivity contribution < 1.29 is 23.6 Å². The summed E-state index contributed by atoms with van der Waals surface area (Å²) in [5, 5.41) is 8.96. The molecular formula is C20H23BO5S. The zero-order valence-corrected chi connectivity index (χ0v) is 16.7. The number of rotatable bonds is 5. The number of carboxylic acid groups (broad SMARTS) is 1. The van der Waals surface area contributed by atoms with Crippen molar-refractivity contribution in [3.8, 4) is 11.3 Å². The molecule has 142 valence electrons. The molecule has 0 bridgehead atoms. The van der Waals surface area contributed by atoms with Gasteiger partial charge in [-0.3, -0.25) is 0 Å². The molecule has 3 rings (SSSR count). The number of benzene rings is 1. The van der Waals surface area contributed by atoms with Crippen LogP contribution in [-0.2, 0) is 9.31 Å². The molecule has 1 saturated heterocycles. The van der Waals surface area contributed by atoms with Gasteiger partial charge in [0.15, 0.2) is 0 Å². The summed E-state index contributed by atoms with van der Waals surface area (Å²) in [5.41, 5.74) is 1.93. The SMILES string of the molecule is CC1(C)OB(C(=Cc2ccc(-c3ccc(C(=O)O)o3)cc2)CS)OC1(C)C. The molecule has 1 aliphatic heterocycles. The van der Waals surface area contributed by atoms with Crippen LogP contribution in [0.4, 0.5) is 0 Å². The van der Waals surface area contributed by atoms with E-state index in [-0.39, 0.29) is 5.76 Å². The standard InChI is InChI=1S/C20H23BO5S/c1-19(2)20(3,4)26-21(25-19)15(12-27)11-13-5-7-14(8-6-13)16-9-10-17(24-16)18(22)23/h5-11,27H,12H2,1-4H3,(H,22,23). The van der Waals surface area contributed by atoms with Crippen molar-refractivity contribution in [1.29, 1.82) is 0 Å². The second-order valence-electron chi connectivity index (χ2n) is 7.56. The zero-order chi connectivity index (χ0) is 19.8. The molecule has 27 heavy (non-hydrogen) atoms. The third-order valence-electron chi connectivity index (χ3n) is 5.10. The highest BCUT2D eigenvalue weighted by atomic mass is 32.1. The lowest BCUT2D eigenvalue weighted by Gasteiger charge is -2.32. The van der Waals surface area contributed by atoms with Crippen molar-refractivity contribution in [2.24, 2.45) is 0 Å². The molecule has 1 N–H and O–H groups in total. The van der Waals surface area contributed by atoms with Crippen molar-refractivity contribution in [2.45, 2.75) is 38.9 Å². The Bertz CT molecular complexity index is 851. The van der Waals surface area contributed by atoms with Gasteiger partial charge >= 0.3 is 13.1 Å². The van der Waals surface area contributed by atoms with Crippen molar-refractivity contribution in [3.63, 3.8) is 0 Å². The average molecular weight is 386 g/mol. The first-order valence-electron chi connectivity index (χ1n) is 8.73. The minimum atomic E-state index is -1.08. The van der Waals surface area contributed by atoms with Gasteiger partial charge in [-0.15, -0.1) is 0 Å². The number of thiol groups is 1. The van der Waals surface area contributed by atoms with E-state index in [1.807, 2.05) is 58.0 Å². The van der Waals surface area contributed by atoms with E-state index in [1.54, 1.807) is 6.07 Å². The fraction of sp³-hybridized carbons (Fsp3) is 0.350. The average Bonchev–Trinajstić information content (AvgIpc) is 3.16. The van der Waals surface area contributed by atoms with Gasteiger partial charge in [-0.1, -0.05) is 30.3 Å².